The van der Waals surface area contributed by atoms with Gasteiger partial charge in [-0.2, -0.15) is 9.37 Å². The van der Waals surface area contributed by atoms with Crippen molar-refractivity contribution >= 4 is 52.2 Å². The third kappa shape index (κ3) is 4.87. The SMILES string of the molecule is O=C1S/C(=C/c2cccc(Oc3nc(Cl)ncc3F)c2)C(=O)N1Cc1ccccc1Cl. The molecule has 2 aromatic carbocycles. The second kappa shape index (κ2) is 9.05. The largest absolute Gasteiger partial charge is 0.436 e. The molecule has 1 saturated heterocycles. The fourth-order valence-electron chi connectivity index (χ4n) is 2.77. The Hall–Kier alpha value is -2.94. The van der Waals surface area contributed by atoms with Gasteiger partial charge in [-0.25, -0.2) is 4.98 Å². The quantitative estimate of drug-likeness (QED) is 0.335. The molecule has 0 radical (unpaired) electrons. The molecule has 2 heterocycles. The third-order valence-electron chi connectivity index (χ3n) is 4.21. The maximum Gasteiger partial charge on any atom is 0.293 e. The Morgan fingerprint density at radius 2 is 1.94 bits per heavy atom. The molecule has 156 valence electrons. The van der Waals surface area contributed by atoms with Crippen LogP contribution in [0.25, 0.3) is 6.08 Å². The fourth-order valence-corrected chi connectivity index (χ4v) is 3.93. The van der Waals surface area contributed by atoms with Gasteiger partial charge in [0.1, 0.15) is 5.75 Å². The number of ether oxygens (including phenoxy) is 1. The highest BCUT2D eigenvalue weighted by Crippen LogP contribution is 2.34. The number of hydrogen-bond acceptors (Lipinski definition) is 6. The zero-order chi connectivity index (χ0) is 22.0. The van der Waals surface area contributed by atoms with Crippen molar-refractivity contribution in [2.24, 2.45) is 0 Å². The van der Waals surface area contributed by atoms with E-state index in [2.05, 4.69) is 9.97 Å². The molecule has 4 rings (SSSR count). The Morgan fingerprint density at radius 3 is 2.74 bits per heavy atom. The molecular weight excluding hydrogens is 464 g/mol. The van der Waals surface area contributed by atoms with Crippen LogP contribution < -0.4 is 4.74 Å². The number of nitrogens with zero attached hydrogens (tertiary/aromatic N) is 3. The summed E-state index contributed by atoms with van der Waals surface area (Å²) >= 11 is 12.6. The maximum atomic E-state index is 13.8. The Morgan fingerprint density at radius 1 is 1.13 bits per heavy atom. The zero-order valence-corrected chi connectivity index (χ0v) is 17.9. The van der Waals surface area contributed by atoms with Gasteiger partial charge >= 0.3 is 0 Å². The summed E-state index contributed by atoms with van der Waals surface area (Å²) in [4.78, 5) is 33.7. The van der Waals surface area contributed by atoms with E-state index < -0.39 is 11.7 Å². The van der Waals surface area contributed by atoms with Crippen LogP contribution in [0.1, 0.15) is 11.1 Å². The number of carbonyl (C=O) groups is 2. The molecule has 0 bridgehead atoms. The molecular formula is C21H12Cl2FN3O3S. The van der Waals surface area contributed by atoms with Crippen molar-refractivity contribution in [2.45, 2.75) is 6.54 Å². The summed E-state index contributed by atoms with van der Waals surface area (Å²) in [5.74, 6) is -1.24. The molecule has 1 aromatic heterocycles. The minimum Gasteiger partial charge on any atom is -0.436 e. The fraction of sp³-hybridized carbons (Fsp3) is 0.0476. The lowest BCUT2D eigenvalue weighted by Gasteiger charge is -2.13. The van der Waals surface area contributed by atoms with Gasteiger partial charge in [0.05, 0.1) is 17.6 Å². The number of hydrogen-bond donors (Lipinski definition) is 0. The highest BCUT2D eigenvalue weighted by Gasteiger charge is 2.35. The topological polar surface area (TPSA) is 72.4 Å². The van der Waals surface area contributed by atoms with E-state index >= 15 is 0 Å². The second-order valence-electron chi connectivity index (χ2n) is 6.33. The van der Waals surface area contributed by atoms with E-state index in [1.165, 1.54) is 0 Å². The minimum absolute atomic E-state index is 0.0819. The summed E-state index contributed by atoms with van der Waals surface area (Å²) in [6, 6.07) is 13.6. The van der Waals surface area contributed by atoms with Crippen LogP contribution in [0.15, 0.2) is 59.6 Å². The van der Waals surface area contributed by atoms with E-state index in [9.17, 15) is 14.0 Å². The Kier molecular flexibility index (Phi) is 6.22. The van der Waals surface area contributed by atoms with Gasteiger partial charge in [-0.05, 0) is 58.8 Å². The normalized spacial score (nSPS) is 15.1. The van der Waals surface area contributed by atoms with Gasteiger partial charge in [0.15, 0.2) is 0 Å². The molecule has 0 spiro atoms. The van der Waals surface area contributed by atoms with Crippen LogP contribution in [0.4, 0.5) is 9.18 Å². The molecule has 1 fully saturated rings. The van der Waals surface area contributed by atoms with Crippen LogP contribution in [0.3, 0.4) is 0 Å². The average Bonchev–Trinajstić information content (AvgIpc) is 3.00. The second-order valence-corrected chi connectivity index (χ2v) is 8.06. The lowest BCUT2D eigenvalue weighted by molar-refractivity contribution is -0.123. The first-order valence-electron chi connectivity index (χ1n) is 8.85. The van der Waals surface area contributed by atoms with Crippen LogP contribution >= 0.6 is 35.0 Å². The molecule has 0 aliphatic carbocycles. The van der Waals surface area contributed by atoms with Crippen molar-refractivity contribution in [2.75, 3.05) is 0 Å². The number of thioether (sulfide) groups is 1. The van der Waals surface area contributed by atoms with Crippen molar-refractivity contribution in [3.63, 3.8) is 0 Å². The monoisotopic (exact) mass is 475 g/mol. The molecule has 1 aliphatic heterocycles. The summed E-state index contributed by atoms with van der Waals surface area (Å²) in [6.07, 6.45) is 2.47. The molecule has 2 amide bonds. The Labute approximate surface area is 190 Å². The number of rotatable bonds is 5. The van der Waals surface area contributed by atoms with E-state index in [1.54, 1.807) is 54.6 Å². The lowest BCUT2D eigenvalue weighted by atomic mass is 10.2. The van der Waals surface area contributed by atoms with Gasteiger partial charge in [0.2, 0.25) is 11.1 Å². The summed E-state index contributed by atoms with van der Waals surface area (Å²) in [5, 5.41) is -0.0616. The molecule has 6 nitrogen and oxygen atoms in total. The molecule has 10 heteroatoms. The van der Waals surface area contributed by atoms with Gasteiger partial charge in [0, 0.05) is 5.02 Å². The number of halogens is 3. The number of amides is 2. The van der Waals surface area contributed by atoms with E-state index in [-0.39, 0.29) is 33.6 Å². The van der Waals surface area contributed by atoms with Crippen molar-refractivity contribution in [3.05, 3.63) is 86.9 Å². The van der Waals surface area contributed by atoms with Crippen LogP contribution in [0, 0.1) is 5.82 Å². The van der Waals surface area contributed by atoms with Crippen molar-refractivity contribution in [1.82, 2.24) is 14.9 Å². The summed E-state index contributed by atoms with van der Waals surface area (Å²) < 4.78 is 19.2. The van der Waals surface area contributed by atoms with Crippen LogP contribution in [0.5, 0.6) is 11.6 Å². The van der Waals surface area contributed by atoms with E-state index in [0.717, 1.165) is 22.9 Å². The first-order valence-corrected chi connectivity index (χ1v) is 10.4. The molecule has 0 saturated carbocycles. The van der Waals surface area contributed by atoms with Crippen molar-refractivity contribution in [1.29, 1.82) is 0 Å². The number of benzene rings is 2. The minimum atomic E-state index is -0.768. The third-order valence-corrected chi connectivity index (χ3v) is 5.67. The Balaban J connectivity index is 1.54. The molecule has 0 atom stereocenters. The smallest absolute Gasteiger partial charge is 0.293 e. The summed E-state index contributed by atoms with van der Waals surface area (Å²) in [5.41, 5.74) is 1.26. The zero-order valence-electron chi connectivity index (χ0n) is 15.6. The van der Waals surface area contributed by atoms with E-state index in [1.807, 2.05) is 0 Å². The molecule has 3 aromatic rings. The van der Waals surface area contributed by atoms with Crippen molar-refractivity contribution in [3.8, 4) is 11.6 Å². The van der Waals surface area contributed by atoms with E-state index in [4.69, 9.17) is 27.9 Å². The number of imide groups is 1. The van der Waals surface area contributed by atoms with Gasteiger partial charge in [0.25, 0.3) is 17.0 Å². The maximum absolute atomic E-state index is 13.8. The highest BCUT2D eigenvalue weighted by molar-refractivity contribution is 8.18. The predicted octanol–water partition coefficient (Wildman–Crippen LogP) is 5.95. The highest BCUT2D eigenvalue weighted by atomic mass is 35.5. The molecule has 0 unspecified atom stereocenters. The van der Waals surface area contributed by atoms with Gasteiger partial charge in [-0.1, -0.05) is 41.9 Å². The van der Waals surface area contributed by atoms with Gasteiger partial charge < -0.3 is 4.74 Å². The van der Waals surface area contributed by atoms with Crippen molar-refractivity contribution < 1.29 is 18.7 Å². The molecule has 31 heavy (non-hydrogen) atoms. The first kappa shape index (κ1) is 21.3. The van der Waals surface area contributed by atoms with Crippen LogP contribution in [0.2, 0.25) is 10.3 Å². The van der Waals surface area contributed by atoms with E-state index in [0.29, 0.717) is 16.1 Å². The lowest BCUT2D eigenvalue weighted by Crippen LogP contribution is -2.27. The molecule has 1 aliphatic rings. The standard InChI is InChI=1S/C21H12Cl2FN3O3S/c22-15-7-2-1-5-13(15)11-27-19(28)17(31-21(27)29)9-12-4-3-6-14(8-12)30-18-16(24)10-25-20(23)26-18/h1-10H,11H2/b17-9+. The predicted molar refractivity (Wildman–Crippen MR) is 116 cm³/mol. The number of aromatic nitrogens is 2. The van der Waals surface area contributed by atoms with Gasteiger partial charge in [-0.15, -0.1) is 0 Å². The van der Waals surface area contributed by atoms with Gasteiger partial charge in [-0.3, -0.25) is 14.5 Å². The van der Waals surface area contributed by atoms with Crippen LogP contribution in [-0.4, -0.2) is 26.0 Å². The average molecular weight is 476 g/mol. The first-order chi connectivity index (χ1) is 14.9. The molecule has 0 N–H and O–H groups in total. The van der Waals surface area contributed by atoms with Crippen LogP contribution in [-0.2, 0) is 11.3 Å². The number of carbonyl (C=O) groups excluding carboxylic acids is 2. The summed E-state index contributed by atoms with van der Waals surface area (Å²) in [7, 11) is 0. The summed E-state index contributed by atoms with van der Waals surface area (Å²) in [6.45, 7) is 0.0819. The Bertz CT molecular complexity index is 1220.